The second kappa shape index (κ2) is 5.14. The zero-order valence-electron chi connectivity index (χ0n) is 10.0. The molecule has 0 aromatic carbocycles. The summed E-state index contributed by atoms with van der Waals surface area (Å²) in [6.07, 6.45) is 2.33. The summed E-state index contributed by atoms with van der Waals surface area (Å²) in [4.78, 5) is 9.57. The van der Waals surface area contributed by atoms with Crippen LogP contribution in [0.2, 0.25) is 0 Å². The van der Waals surface area contributed by atoms with Crippen molar-refractivity contribution in [3.63, 3.8) is 0 Å². The smallest absolute Gasteiger partial charge is 0.134 e. The van der Waals surface area contributed by atoms with E-state index in [0.717, 1.165) is 24.3 Å². The molecule has 2 aromatic heterocycles. The fourth-order valence-corrected chi connectivity index (χ4v) is 2.52. The third-order valence-electron chi connectivity index (χ3n) is 2.72. The minimum Gasteiger partial charge on any atom is -0.383 e. The van der Waals surface area contributed by atoms with Gasteiger partial charge < -0.3 is 11.1 Å². The number of nitrogens with zero attached hydrogens (tertiary/aromatic N) is 2. The van der Waals surface area contributed by atoms with Gasteiger partial charge in [-0.2, -0.15) is 0 Å². The molecule has 0 fully saturated rings. The molecule has 2 aromatic rings. The van der Waals surface area contributed by atoms with Crippen molar-refractivity contribution >= 4 is 23.0 Å². The van der Waals surface area contributed by atoms with Crippen molar-refractivity contribution in [2.75, 3.05) is 11.1 Å². The van der Waals surface area contributed by atoms with Crippen LogP contribution in [-0.4, -0.2) is 9.97 Å². The first-order valence-electron chi connectivity index (χ1n) is 5.58. The predicted octanol–water partition coefficient (Wildman–Crippen LogP) is 2.60. The summed E-state index contributed by atoms with van der Waals surface area (Å²) in [5, 5.41) is 5.43. The molecule has 0 aliphatic heterocycles. The summed E-state index contributed by atoms with van der Waals surface area (Å²) in [5.74, 6) is 1.40. The van der Waals surface area contributed by atoms with Gasteiger partial charge in [-0.1, -0.05) is 6.92 Å². The number of anilines is 2. The molecule has 0 aliphatic rings. The Morgan fingerprint density at radius 2 is 2.24 bits per heavy atom. The van der Waals surface area contributed by atoms with E-state index in [1.807, 2.05) is 0 Å². The molecule has 0 unspecified atom stereocenters. The summed E-state index contributed by atoms with van der Waals surface area (Å²) in [6, 6.07) is 2.12. The van der Waals surface area contributed by atoms with Gasteiger partial charge in [0.1, 0.15) is 18.0 Å². The normalized spacial score (nSPS) is 10.5. The van der Waals surface area contributed by atoms with Crippen LogP contribution in [0.1, 0.15) is 22.9 Å². The van der Waals surface area contributed by atoms with Crippen LogP contribution >= 0.6 is 11.3 Å². The Morgan fingerprint density at radius 3 is 2.88 bits per heavy atom. The van der Waals surface area contributed by atoms with Crippen LogP contribution in [0.5, 0.6) is 0 Å². The SMILES string of the molecule is CCc1c(N)ncnc1NCc1sccc1C. The molecule has 4 nitrogen and oxygen atoms in total. The van der Waals surface area contributed by atoms with Gasteiger partial charge in [0, 0.05) is 10.4 Å². The summed E-state index contributed by atoms with van der Waals surface area (Å²) >= 11 is 1.75. The zero-order valence-corrected chi connectivity index (χ0v) is 10.8. The van der Waals surface area contributed by atoms with E-state index in [1.165, 1.54) is 16.8 Å². The Morgan fingerprint density at radius 1 is 1.41 bits per heavy atom. The number of rotatable bonds is 4. The van der Waals surface area contributed by atoms with Gasteiger partial charge in [-0.3, -0.25) is 0 Å². The van der Waals surface area contributed by atoms with Crippen molar-refractivity contribution in [2.24, 2.45) is 0 Å². The van der Waals surface area contributed by atoms with E-state index in [2.05, 4.69) is 40.6 Å². The lowest BCUT2D eigenvalue weighted by molar-refractivity contribution is 1.02. The van der Waals surface area contributed by atoms with Crippen LogP contribution < -0.4 is 11.1 Å². The predicted molar refractivity (Wildman–Crippen MR) is 72.2 cm³/mol. The molecule has 0 radical (unpaired) electrons. The highest BCUT2D eigenvalue weighted by atomic mass is 32.1. The molecule has 2 heterocycles. The number of nitrogens with one attached hydrogen (secondary N) is 1. The van der Waals surface area contributed by atoms with Crippen molar-refractivity contribution in [3.8, 4) is 0 Å². The summed E-state index contributed by atoms with van der Waals surface area (Å²) in [6.45, 7) is 4.95. The fraction of sp³-hybridized carbons (Fsp3) is 0.333. The molecule has 2 rings (SSSR count). The van der Waals surface area contributed by atoms with Gasteiger partial charge in [0.25, 0.3) is 0 Å². The van der Waals surface area contributed by atoms with E-state index < -0.39 is 0 Å². The van der Waals surface area contributed by atoms with E-state index in [4.69, 9.17) is 5.73 Å². The van der Waals surface area contributed by atoms with Crippen LogP contribution in [0.15, 0.2) is 17.8 Å². The van der Waals surface area contributed by atoms with Crippen molar-refractivity contribution in [1.29, 1.82) is 0 Å². The maximum Gasteiger partial charge on any atom is 0.134 e. The molecule has 0 bridgehead atoms. The first-order valence-corrected chi connectivity index (χ1v) is 6.46. The van der Waals surface area contributed by atoms with Gasteiger partial charge >= 0.3 is 0 Å². The molecule has 3 N–H and O–H groups in total. The molecule has 0 saturated carbocycles. The fourth-order valence-electron chi connectivity index (χ4n) is 1.68. The topological polar surface area (TPSA) is 63.8 Å². The summed E-state index contributed by atoms with van der Waals surface area (Å²) in [5.41, 5.74) is 8.12. The van der Waals surface area contributed by atoms with Crippen LogP contribution in [0.4, 0.5) is 11.6 Å². The van der Waals surface area contributed by atoms with E-state index >= 15 is 0 Å². The Balaban J connectivity index is 2.14. The number of nitrogen functional groups attached to an aromatic ring is 1. The third-order valence-corrected chi connectivity index (χ3v) is 3.74. The molecular weight excluding hydrogens is 232 g/mol. The maximum atomic E-state index is 5.82. The van der Waals surface area contributed by atoms with Crippen LogP contribution in [0.3, 0.4) is 0 Å². The van der Waals surface area contributed by atoms with Gasteiger partial charge in [0.15, 0.2) is 0 Å². The highest BCUT2D eigenvalue weighted by Crippen LogP contribution is 2.21. The Hall–Kier alpha value is -1.62. The van der Waals surface area contributed by atoms with Gasteiger partial charge in [-0.25, -0.2) is 9.97 Å². The van der Waals surface area contributed by atoms with Crippen molar-refractivity contribution in [1.82, 2.24) is 9.97 Å². The number of aromatic nitrogens is 2. The summed E-state index contributed by atoms with van der Waals surface area (Å²) < 4.78 is 0. The van der Waals surface area contributed by atoms with Gasteiger partial charge in [-0.15, -0.1) is 11.3 Å². The lowest BCUT2D eigenvalue weighted by Crippen LogP contribution is -2.07. The Labute approximate surface area is 105 Å². The lowest BCUT2D eigenvalue weighted by Gasteiger charge is -2.10. The van der Waals surface area contributed by atoms with E-state index in [9.17, 15) is 0 Å². The van der Waals surface area contributed by atoms with Crippen molar-refractivity contribution in [3.05, 3.63) is 33.8 Å². The van der Waals surface area contributed by atoms with Crippen molar-refractivity contribution in [2.45, 2.75) is 26.8 Å². The monoisotopic (exact) mass is 248 g/mol. The molecule has 17 heavy (non-hydrogen) atoms. The van der Waals surface area contributed by atoms with Gasteiger partial charge in [0.05, 0.1) is 6.54 Å². The van der Waals surface area contributed by atoms with Crippen molar-refractivity contribution < 1.29 is 0 Å². The second-order valence-electron chi connectivity index (χ2n) is 3.82. The molecule has 90 valence electrons. The van der Waals surface area contributed by atoms with E-state index in [1.54, 1.807) is 11.3 Å². The average Bonchev–Trinajstić information content (AvgIpc) is 2.72. The number of hydrogen-bond donors (Lipinski definition) is 2. The first kappa shape index (κ1) is 11.9. The quantitative estimate of drug-likeness (QED) is 0.873. The van der Waals surface area contributed by atoms with E-state index in [-0.39, 0.29) is 0 Å². The lowest BCUT2D eigenvalue weighted by atomic mass is 10.2. The number of hydrogen-bond acceptors (Lipinski definition) is 5. The van der Waals surface area contributed by atoms with Gasteiger partial charge in [0.2, 0.25) is 0 Å². The number of thiophene rings is 1. The average molecular weight is 248 g/mol. The highest BCUT2D eigenvalue weighted by Gasteiger charge is 2.07. The maximum absolute atomic E-state index is 5.82. The molecule has 0 aliphatic carbocycles. The van der Waals surface area contributed by atoms with Crippen LogP contribution in [0.25, 0.3) is 0 Å². The first-order chi connectivity index (χ1) is 8.22. The Bertz CT molecular complexity index is 507. The largest absolute Gasteiger partial charge is 0.383 e. The minimum atomic E-state index is 0.563. The number of nitrogens with two attached hydrogens (primary N) is 1. The van der Waals surface area contributed by atoms with E-state index in [0.29, 0.717) is 5.82 Å². The molecular formula is C12H16N4S. The Kier molecular flexibility index (Phi) is 3.58. The highest BCUT2D eigenvalue weighted by molar-refractivity contribution is 7.10. The molecule has 0 atom stereocenters. The van der Waals surface area contributed by atoms with Crippen LogP contribution in [0, 0.1) is 6.92 Å². The summed E-state index contributed by atoms with van der Waals surface area (Å²) in [7, 11) is 0. The standard InChI is InChI=1S/C12H16N4S/c1-3-9-11(13)15-7-16-12(9)14-6-10-8(2)4-5-17-10/h4-5,7H,3,6H2,1-2H3,(H3,13,14,15,16). The number of aryl methyl sites for hydroxylation is 1. The van der Waals surface area contributed by atoms with Crippen LogP contribution in [-0.2, 0) is 13.0 Å². The minimum absolute atomic E-state index is 0.563. The van der Waals surface area contributed by atoms with Gasteiger partial charge in [-0.05, 0) is 30.4 Å². The molecule has 0 saturated heterocycles. The zero-order chi connectivity index (χ0) is 12.3. The molecule has 0 amide bonds. The molecule has 0 spiro atoms. The molecule has 5 heteroatoms. The third kappa shape index (κ3) is 2.55. The second-order valence-corrected chi connectivity index (χ2v) is 4.82.